The van der Waals surface area contributed by atoms with Crippen LogP contribution < -0.4 is 5.32 Å². The van der Waals surface area contributed by atoms with Crippen LogP contribution in [0.5, 0.6) is 0 Å². The molecule has 1 aliphatic carbocycles. The van der Waals surface area contributed by atoms with Gasteiger partial charge in [-0.2, -0.15) is 13.2 Å². The van der Waals surface area contributed by atoms with Gasteiger partial charge in [-0.1, -0.05) is 35.3 Å². The number of hydrogen-bond donors (Lipinski definition) is 2. The van der Waals surface area contributed by atoms with E-state index in [1.807, 2.05) is 0 Å². The number of carbonyl (C=O) groups excluding carboxylic acids is 1. The number of hydrogen-bond acceptors (Lipinski definition) is 3. The summed E-state index contributed by atoms with van der Waals surface area (Å²) in [5, 5.41) is 13.3. The molecule has 0 saturated heterocycles. The number of benzene rings is 1. The first-order chi connectivity index (χ1) is 14.0. The number of carbonyl (C=O) groups is 1. The van der Waals surface area contributed by atoms with Crippen molar-refractivity contribution in [2.24, 2.45) is 0 Å². The Morgan fingerprint density at radius 1 is 1.23 bits per heavy atom. The highest BCUT2D eigenvalue weighted by Gasteiger charge is 2.43. The first-order valence-electron chi connectivity index (χ1n) is 9.16. The molecule has 1 heterocycles. The number of alkyl halides is 4. The number of nitrogens with zero attached hydrogens (tertiary/aromatic N) is 1. The summed E-state index contributed by atoms with van der Waals surface area (Å²) < 4.78 is 52.9. The lowest BCUT2D eigenvalue weighted by Crippen LogP contribution is -2.48. The third-order valence-corrected chi connectivity index (χ3v) is 5.80. The first kappa shape index (κ1) is 22.8. The summed E-state index contributed by atoms with van der Waals surface area (Å²) in [4.78, 5) is 16.1. The van der Waals surface area contributed by atoms with E-state index in [1.165, 1.54) is 6.07 Å². The van der Waals surface area contributed by atoms with Gasteiger partial charge in [-0.05, 0) is 49.4 Å². The Morgan fingerprint density at radius 3 is 2.50 bits per heavy atom. The van der Waals surface area contributed by atoms with E-state index >= 15 is 0 Å². The number of amides is 1. The first-order valence-corrected chi connectivity index (χ1v) is 9.91. The topological polar surface area (TPSA) is 62.2 Å². The molecule has 30 heavy (non-hydrogen) atoms. The molecule has 162 valence electrons. The number of aromatic nitrogens is 1. The molecule has 1 aromatic heterocycles. The molecule has 0 aliphatic heterocycles. The Morgan fingerprint density at radius 2 is 1.90 bits per heavy atom. The van der Waals surface area contributed by atoms with Crippen molar-refractivity contribution >= 4 is 29.1 Å². The maximum absolute atomic E-state index is 13.6. The average Bonchev–Trinajstić information content (AvgIpc) is 2.67. The van der Waals surface area contributed by atoms with E-state index < -0.39 is 46.2 Å². The lowest BCUT2D eigenvalue weighted by atomic mass is 9.76. The van der Waals surface area contributed by atoms with Gasteiger partial charge >= 0.3 is 6.18 Å². The number of nitrogens with one attached hydrogen (secondary N) is 1. The molecule has 1 aliphatic rings. The van der Waals surface area contributed by atoms with Crippen molar-refractivity contribution in [2.45, 2.75) is 49.7 Å². The van der Waals surface area contributed by atoms with Gasteiger partial charge in [-0.15, -0.1) is 0 Å². The highest BCUT2D eigenvalue weighted by atomic mass is 35.5. The van der Waals surface area contributed by atoms with E-state index in [9.17, 15) is 27.5 Å². The molecule has 1 amide bonds. The summed E-state index contributed by atoms with van der Waals surface area (Å²) in [7, 11) is 0. The van der Waals surface area contributed by atoms with Crippen molar-refractivity contribution in [3.8, 4) is 0 Å². The second kappa shape index (κ2) is 8.69. The molecule has 4 nitrogen and oxygen atoms in total. The molecule has 0 bridgehead atoms. The summed E-state index contributed by atoms with van der Waals surface area (Å²) in [5.74, 6) is -0.923. The monoisotopic (exact) mass is 464 g/mol. The van der Waals surface area contributed by atoms with E-state index in [0.29, 0.717) is 10.6 Å². The quantitative estimate of drug-likeness (QED) is 0.585. The maximum Gasteiger partial charge on any atom is 0.434 e. The van der Waals surface area contributed by atoms with Crippen LogP contribution in [0.25, 0.3) is 0 Å². The van der Waals surface area contributed by atoms with Crippen LogP contribution in [0.2, 0.25) is 10.0 Å². The fraction of sp³-hybridized carbons (Fsp3) is 0.400. The molecule has 2 aromatic rings. The zero-order valence-corrected chi connectivity index (χ0v) is 17.0. The standard InChI is InChI=1S/C20H18Cl2F4N2O2/c21-12-3-1-2-11(10-12)16(19(30)7-4-13(23)5-8-19)28-18(29)14-6-9-27-17(15(14)22)20(24,25)26/h1-3,6,9-10,13,16,30H,4-5,7-8H2,(H,28,29)/t13-,16?,19-. The SMILES string of the molecule is O=C(NC(c1cccc(Cl)c1)[C@]1(O)CC[C@H](F)CC1)c1ccnc(C(F)(F)F)c1Cl. The Hall–Kier alpha value is -1.90. The van der Waals surface area contributed by atoms with E-state index in [-0.39, 0.29) is 25.7 Å². The minimum Gasteiger partial charge on any atom is -0.387 e. The number of rotatable bonds is 4. The summed E-state index contributed by atoms with van der Waals surface area (Å²) in [6.07, 6.45) is -4.76. The van der Waals surface area contributed by atoms with Crippen LogP contribution in [0.3, 0.4) is 0 Å². The zero-order valence-electron chi connectivity index (χ0n) is 15.5. The highest BCUT2D eigenvalue weighted by Crippen LogP contribution is 2.40. The summed E-state index contributed by atoms with van der Waals surface area (Å²) in [6.45, 7) is 0. The zero-order chi connectivity index (χ0) is 22.1. The average molecular weight is 465 g/mol. The lowest BCUT2D eigenvalue weighted by molar-refractivity contribution is -0.141. The predicted octanol–water partition coefficient (Wildman–Crippen LogP) is 5.52. The van der Waals surface area contributed by atoms with Crippen LogP contribution in [0.15, 0.2) is 36.5 Å². The molecule has 1 aromatic carbocycles. The van der Waals surface area contributed by atoms with Crippen LogP contribution in [0.1, 0.15) is 53.3 Å². The molecular weight excluding hydrogens is 447 g/mol. The van der Waals surface area contributed by atoms with Gasteiger partial charge in [-0.3, -0.25) is 9.78 Å². The molecule has 3 rings (SSSR count). The normalized spacial score (nSPS) is 23.1. The second-order valence-corrected chi connectivity index (χ2v) is 8.07. The second-order valence-electron chi connectivity index (χ2n) is 7.26. The van der Waals surface area contributed by atoms with Crippen LogP contribution in [-0.2, 0) is 6.18 Å². The van der Waals surface area contributed by atoms with Crippen molar-refractivity contribution in [3.63, 3.8) is 0 Å². The van der Waals surface area contributed by atoms with Crippen molar-refractivity contribution in [1.29, 1.82) is 0 Å². The third-order valence-electron chi connectivity index (χ3n) is 5.18. The van der Waals surface area contributed by atoms with Crippen LogP contribution in [0.4, 0.5) is 17.6 Å². The molecule has 10 heteroatoms. The Balaban J connectivity index is 1.97. The van der Waals surface area contributed by atoms with Gasteiger partial charge in [0.15, 0.2) is 5.69 Å². The molecule has 0 radical (unpaired) electrons. The van der Waals surface area contributed by atoms with Gasteiger partial charge in [0, 0.05) is 11.2 Å². The highest BCUT2D eigenvalue weighted by molar-refractivity contribution is 6.34. The minimum absolute atomic E-state index is 0.0590. The third kappa shape index (κ3) is 4.87. The van der Waals surface area contributed by atoms with Gasteiger partial charge in [0.2, 0.25) is 0 Å². The Labute approximate surface area is 180 Å². The van der Waals surface area contributed by atoms with Gasteiger partial charge < -0.3 is 10.4 Å². The Kier molecular flexibility index (Phi) is 6.60. The van der Waals surface area contributed by atoms with Crippen molar-refractivity contribution in [1.82, 2.24) is 10.3 Å². The Bertz CT molecular complexity index is 931. The van der Waals surface area contributed by atoms with E-state index in [0.717, 1.165) is 12.3 Å². The number of aliphatic hydroxyl groups is 1. The minimum atomic E-state index is -4.84. The largest absolute Gasteiger partial charge is 0.434 e. The predicted molar refractivity (Wildman–Crippen MR) is 104 cm³/mol. The number of halogens is 6. The fourth-order valence-electron chi connectivity index (χ4n) is 3.61. The van der Waals surface area contributed by atoms with E-state index in [4.69, 9.17) is 23.2 Å². The molecule has 1 fully saturated rings. The van der Waals surface area contributed by atoms with Crippen molar-refractivity contribution < 1.29 is 27.5 Å². The summed E-state index contributed by atoms with van der Waals surface area (Å²) in [5.41, 5.74) is -2.88. The van der Waals surface area contributed by atoms with Crippen LogP contribution in [-0.4, -0.2) is 27.8 Å². The van der Waals surface area contributed by atoms with Gasteiger partial charge in [0.05, 0.1) is 22.2 Å². The molecule has 2 N–H and O–H groups in total. The maximum atomic E-state index is 13.6. The fourth-order valence-corrected chi connectivity index (χ4v) is 4.11. The molecule has 1 atom stereocenters. The van der Waals surface area contributed by atoms with Gasteiger partial charge in [-0.25, -0.2) is 4.39 Å². The van der Waals surface area contributed by atoms with Gasteiger partial charge in [0.1, 0.15) is 6.17 Å². The van der Waals surface area contributed by atoms with Crippen LogP contribution >= 0.6 is 23.2 Å². The van der Waals surface area contributed by atoms with Crippen LogP contribution in [0, 0.1) is 0 Å². The summed E-state index contributed by atoms with van der Waals surface area (Å²) >= 11 is 11.8. The van der Waals surface area contributed by atoms with Gasteiger partial charge in [0.25, 0.3) is 5.91 Å². The van der Waals surface area contributed by atoms with Crippen molar-refractivity contribution in [3.05, 3.63) is 63.4 Å². The van der Waals surface area contributed by atoms with E-state index in [2.05, 4.69) is 10.3 Å². The number of pyridine rings is 1. The smallest absolute Gasteiger partial charge is 0.387 e. The van der Waals surface area contributed by atoms with Crippen molar-refractivity contribution in [2.75, 3.05) is 0 Å². The molecule has 0 spiro atoms. The molecule has 1 saturated carbocycles. The lowest BCUT2D eigenvalue weighted by Gasteiger charge is -2.40. The molecule has 1 unspecified atom stereocenters. The van der Waals surface area contributed by atoms with E-state index in [1.54, 1.807) is 18.2 Å². The summed E-state index contributed by atoms with van der Waals surface area (Å²) in [6, 6.07) is 6.39. The molecular formula is C20H18Cl2F4N2O2.